The van der Waals surface area contributed by atoms with E-state index in [0.717, 1.165) is 5.56 Å². The second-order valence-electron chi connectivity index (χ2n) is 7.90. The minimum absolute atomic E-state index is 0.220. The number of hydrogen-bond acceptors (Lipinski definition) is 6. The highest BCUT2D eigenvalue weighted by atomic mass is 35.5. The Hall–Kier alpha value is -2.32. The molecular weight excluding hydrogens is 410 g/mol. The molecular formula is C21H32ClN3O5. The van der Waals surface area contributed by atoms with Crippen molar-refractivity contribution in [3.63, 3.8) is 0 Å². The predicted molar refractivity (Wildman–Crippen MR) is 115 cm³/mol. The van der Waals surface area contributed by atoms with Crippen LogP contribution in [0.4, 0.5) is 4.79 Å². The third-order valence-corrected chi connectivity index (χ3v) is 4.36. The topological polar surface area (TPSA) is 120 Å². The van der Waals surface area contributed by atoms with Gasteiger partial charge in [-0.25, -0.2) is 9.59 Å². The molecule has 30 heavy (non-hydrogen) atoms. The van der Waals surface area contributed by atoms with Crippen molar-refractivity contribution < 1.29 is 23.9 Å². The minimum Gasteiger partial charge on any atom is -0.467 e. The lowest BCUT2D eigenvalue weighted by Gasteiger charge is -2.25. The summed E-state index contributed by atoms with van der Waals surface area (Å²) in [5.41, 5.74) is 5.63. The number of ether oxygens (including phenoxy) is 2. The van der Waals surface area contributed by atoms with Crippen LogP contribution in [-0.4, -0.2) is 49.3 Å². The molecule has 9 heteroatoms. The van der Waals surface area contributed by atoms with Crippen molar-refractivity contribution in [2.75, 3.05) is 13.7 Å². The maximum Gasteiger partial charge on any atom is 0.408 e. The summed E-state index contributed by atoms with van der Waals surface area (Å²) < 4.78 is 10.1. The molecule has 0 aliphatic carbocycles. The smallest absolute Gasteiger partial charge is 0.408 e. The van der Waals surface area contributed by atoms with Crippen LogP contribution < -0.4 is 16.4 Å². The van der Waals surface area contributed by atoms with E-state index in [9.17, 15) is 14.4 Å². The minimum atomic E-state index is -0.916. The first-order chi connectivity index (χ1) is 14.1. The number of rotatable bonds is 10. The van der Waals surface area contributed by atoms with E-state index in [-0.39, 0.29) is 6.42 Å². The van der Waals surface area contributed by atoms with Crippen molar-refractivity contribution >= 4 is 29.6 Å². The van der Waals surface area contributed by atoms with Gasteiger partial charge in [0, 0.05) is 11.4 Å². The number of nitrogens with two attached hydrogens (primary N) is 1. The highest BCUT2D eigenvalue weighted by molar-refractivity contribution is 6.30. The van der Waals surface area contributed by atoms with Crippen LogP contribution in [0.2, 0.25) is 5.02 Å². The van der Waals surface area contributed by atoms with Crippen molar-refractivity contribution in [1.29, 1.82) is 0 Å². The summed E-state index contributed by atoms with van der Waals surface area (Å²) in [4.78, 5) is 37.3. The van der Waals surface area contributed by atoms with E-state index in [4.69, 9.17) is 26.8 Å². The molecule has 4 N–H and O–H groups in total. The van der Waals surface area contributed by atoms with Crippen LogP contribution in [0.25, 0.3) is 0 Å². The Morgan fingerprint density at radius 3 is 2.23 bits per heavy atom. The van der Waals surface area contributed by atoms with Crippen molar-refractivity contribution in [2.45, 2.75) is 64.1 Å². The lowest BCUT2D eigenvalue weighted by molar-refractivity contribution is -0.145. The quantitative estimate of drug-likeness (QED) is 0.379. The number of benzene rings is 1. The summed E-state index contributed by atoms with van der Waals surface area (Å²) in [6, 6.07) is 5.15. The van der Waals surface area contributed by atoms with Crippen LogP contribution >= 0.6 is 11.6 Å². The van der Waals surface area contributed by atoms with Crippen LogP contribution in [0.1, 0.15) is 45.6 Å². The van der Waals surface area contributed by atoms with Crippen molar-refractivity contribution in [3.05, 3.63) is 34.9 Å². The van der Waals surface area contributed by atoms with Gasteiger partial charge in [0.2, 0.25) is 5.91 Å². The Kier molecular flexibility index (Phi) is 10.6. The Morgan fingerprint density at radius 1 is 1.07 bits per heavy atom. The van der Waals surface area contributed by atoms with E-state index in [0.29, 0.717) is 30.8 Å². The summed E-state index contributed by atoms with van der Waals surface area (Å²) in [5, 5.41) is 5.83. The summed E-state index contributed by atoms with van der Waals surface area (Å²) >= 11 is 5.90. The number of unbranched alkanes of at least 4 members (excludes halogenated alkanes) is 1. The van der Waals surface area contributed by atoms with E-state index in [1.54, 1.807) is 45.0 Å². The normalized spacial score (nSPS) is 13.1. The predicted octanol–water partition coefficient (Wildman–Crippen LogP) is 2.56. The molecule has 1 unspecified atom stereocenters. The zero-order valence-electron chi connectivity index (χ0n) is 18.0. The number of carbonyl (C=O) groups excluding carboxylic acids is 3. The molecule has 1 rings (SSSR count). The van der Waals surface area contributed by atoms with Crippen LogP contribution in [0.3, 0.4) is 0 Å². The average Bonchev–Trinajstić information content (AvgIpc) is 2.66. The second-order valence-corrected chi connectivity index (χ2v) is 8.33. The van der Waals surface area contributed by atoms with Gasteiger partial charge in [-0.1, -0.05) is 23.7 Å². The molecule has 0 aliphatic rings. The van der Waals surface area contributed by atoms with E-state index >= 15 is 0 Å². The zero-order valence-corrected chi connectivity index (χ0v) is 18.8. The average molecular weight is 442 g/mol. The third kappa shape index (κ3) is 9.93. The summed E-state index contributed by atoms with van der Waals surface area (Å²) in [6.07, 6.45) is 1.20. The summed E-state index contributed by atoms with van der Waals surface area (Å²) in [5.74, 6) is -1.08. The molecule has 1 aromatic rings. The second kappa shape index (κ2) is 12.4. The number of esters is 1. The molecule has 0 aromatic heterocycles. The van der Waals surface area contributed by atoms with Crippen molar-refractivity contribution in [2.24, 2.45) is 5.73 Å². The van der Waals surface area contributed by atoms with E-state index in [1.165, 1.54) is 7.11 Å². The monoisotopic (exact) mass is 441 g/mol. The highest BCUT2D eigenvalue weighted by Gasteiger charge is 2.28. The van der Waals surface area contributed by atoms with Crippen molar-refractivity contribution in [3.8, 4) is 0 Å². The fraction of sp³-hybridized carbons (Fsp3) is 0.571. The molecule has 2 atom stereocenters. The fourth-order valence-corrected chi connectivity index (χ4v) is 2.80. The molecule has 0 radical (unpaired) electrons. The van der Waals surface area contributed by atoms with Crippen LogP contribution in [0, 0.1) is 0 Å². The van der Waals surface area contributed by atoms with Gasteiger partial charge in [0.05, 0.1) is 7.11 Å². The van der Waals surface area contributed by atoms with Gasteiger partial charge < -0.3 is 25.8 Å². The van der Waals surface area contributed by atoms with Crippen LogP contribution in [0.15, 0.2) is 24.3 Å². The van der Waals surface area contributed by atoms with Gasteiger partial charge in [-0.3, -0.25) is 4.79 Å². The number of alkyl carbamates (subject to hydrolysis) is 1. The molecule has 0 aliphatic heterocycles. The zero-order chi connectivity index (χ0) is 22.7. The van der Waals surface area contributed by atoms with Gasteiger partial charge in [-0.05, 0) is 64.3 Å². The van der Waals surface area contributed by atoms with E-state index in [1.807, 2.05) is 0 Å². The van der Waals surface area contributed by atoms with E-state index in [2.05, 4.69) is 10.6 Å². The van der Waals surface area contributed by atoms with Gasteiger partial charge in [0.25, 0.3) is 0 Å². The highest BCUT2D eigenvalue weighted by Crippen LogP contribution is 2.13. The van der Waals surface area contributed by atoms with Gasteiger partial charge in [0.1, 0.15) is 17.7 Å². The molecule has 0 fully saturated rings. The maximum atomic E-state index is 12.9. The summed E-state index contributed by atoms with van der Waals surface area (Å²) in [6.45, 7) is 5.67. The number of amides is 2. The molecule has 0 saturated carbocycles. The number of hydrogen-bond donors (Lipinski definition) is 3. The van der Waals surface area contributed by atoms with Crippen LogP contribution in [0.5, 0.6) is 0 Å². The molecule has 2 amide bonds. The largest absolute Gasteiger partial charge is 0.467 e. The van der Waals surface area contributed by atoms with Gasteiger partial charge in [-0.15, -0.1) is 0 Å². The van der Waals surface area contributed by atoms with Gasteiger partial charge >= 0.3 is 12.1 Å². The first-order valence-electron chi connectivity index (χ1n) is 9.88. The van der Waals surface area contributed by atoms with Gasteiger partial charge in [0.15, 0.2) is 0 Å². The Bertz CT molecular complexity index is 704. The molecule has 0 saturated heterocycles. The van der Waals surface area contributed by atoms with E-state index < -0.39 is 35.7 Å². The number of halogens is 1. The van der Waals surface area contributed by atoms with Crippen LogP contribution in [-0.2, 0) is 25.5 Å². The maximum absolute atomic E-state index is 12.9. The molecule has 1 aromatic carbocycles. The number of carbonyl (C=O) groups is 3. The van der Waals surface area contributed by atoms with Gasteiger partial charge in [-0.2, -0.15) is 0 Å². The Morgan fingerprint density at radius 2 is 1.70 bits per heavy atom. The van der Waals surface area contributed by atoms with Crippen molar-refractivity contribution in [1.82, 2.24) is 10.6 Å². The lowest BCUT2D eigenvalue weighted by Crippen LogP contribution is -2.53. The summed E-state index contributed by atoms with van der Waals surface area (Å²) in [7, 11) is 1.25. The SMILES string of the molecule is COC(=O)C(Cc1ccc(Cl)cc1)NC(=O)[C@H](CCCCN)NC(=O)OC(C)(C)C. The number of methoxy groups -OCH3 is 1. The lowest BCUT2D eigenvalue weighted by atomic mass is 10.0. The molecule has 168 valence electrons. The first-order valence-corrected chi connectivity index (χ1v) is 10.3. The first kappa shape index (κ1) is 25.7. The molecule has 8 nitrogen and oxygen atoms in total. The fourth-order valence-electron chi connectivity index (χ4n) is 2.68. The molecule has 0 spiro atoms. The molecule has 0 heterocycles. The molecule has 0 bridgehead atoms. The third-order valence-electron chi connectivity index (χ3n) is 4.11. The standard InChI is InChI=1S/C21H32ClN3O5/c1-21(2,3)30-20(28)25-16(7-5-6-12-23)18(26)24-17(19(27)29-4)13-14-8-10-15(22)11-9-14/h8-11,16-17H,5-7,12-13,23H2,1-4H3,(H,24,26)(H,25,28)/t16-,17?/m0/s1. The Labute approximate surface area is 182 Å². The Balaban J connectivity index is 2.89. The number of nitrogens with one attached hydrogen (secondary N) is 2.